The summed E-state index contributed by atoms with van der Waals surface area (Å²) < 4.78 is 0. The van der Waals surface area contributed by atoms with Crippen LogP contribution < -0.4 is 10.6 Å². The van der Waals surface area contributed by atoms with Gasteiger partial charge in [-0.25, -0.2) is 4.79 Å². The van der Waals surface area contributed by atoms with Gasteiger partial charge < -0.3 is 25.7 Å². The number of amides is 2. The monoisotopic (exact) mass is 309 g/mol. The lowest BCUT2D eigenvalue weighted by Crippen LogP contribution is -2.45. The van der Waals surface area contributed by atoms with Crippen molar-refractivity contribution in [2.75, 3.05) is 20.1 Å². The zero-order chi connectivity index (χ0) is 16.7. The summed E-state index contributed by atoms with van der Waals surface area (Å²) in [5, 5.41) is 24.9. The molecule has 6 nitrogen and oxygen atoms in total. The van der Waals surface area contributed by atoms with Gasteiger partial charge in [-0.1, -0.05) is 12.1 Å². The Bertz CT molecular complexity index is 462. The van der Waals surface area contributed by atoms with E-state index in [2.05, 4.69) is 29.4 Å². The number of phenolic OH excluding ortho intramolecular Hbond substituents is 1. The topological polar surface area (TPSA) is 84.8 Å². The molecular weight excluding hydrogens is 282 g/mol. The Morgan fingerprint density at radius 1 is 1.23 bits per heavy atom. The van der Waals surface area contributed by atoms with Crippen molar-refractivity contribution in [2.45, 2.75) is 39.0 Å². The van der Waals surface area contributed by atoms with E-state index in [1.165, 1.54) is 12.1 Å². The molecule has 2 atom stereocenters. The average Bonchev–Trinajstić information content (AvgIpc) is 2.46. The van der Waals surface area contributed by atoms with E-state index in [0.717, 1.165) is 6.54 Å². The van der Waals surface area contributed by atoms with Crippen LogP contribution in [0.3, 0.4) is 0 Å². The number of phenols is 1. The van der Waals surface area contributed by atoms with Gasteiger partial charge in [0.15, 0.2) is 0 Å². The molecule has 1 rings (SSSR count). The van der Waals surface area contributed by atoms with Crippen LogP contribution >= 0.6 is 0 Å². The predicted molar refractivity (Wildman–Crippen MR) is 86.8 cm³/mol. The molecule has 0 heterocycles. The van der Waals surface area contributed by atoms with Gasteiger partial charge in [0.1, 0.15) is 5.75 Å². The number of nitrogens with zero attached hydrogens (tertiary/aromatic N) is 1. The van der Waals surface area contributed by atoms with Gasteiger partial charge in [0, 0.05) is 19.1 Å². The molecule has 0 aliphatic carbocycles. The van der Waals surface area contributed by atoms with Gasteiger partial charge in [0.25, 0.3) is 0 Å². The number of likely N-dealkylation sites (N-methyl/N-ethyl adjacent to an activating group) is 1. The van der Waals surface area contributed by atoms with Crippen molar-refractivity contribution in [1.82, 2.24) is 15.5 Å². The molecule has 22 heavy (non-hydrogen) atoms. The molecule has 0 aromatic heterocycles. The van der Waals surface area contributed by atoms with Gasteiger partial charge in [0.05, 0.1) is 12.1 Å². The Balaban J connectivity index is 2.38. The summed E-state index contributed by atoms with van der Waals surface area (Å²) in [7, 11) is 2.00. The van der Waals surface area contributed by atoms with E-state index in [9.17, 15) is 15.0 Å². The third-order valence-corrected chi connectivity index (χ3v) is 3.70. The molecule has 4 N–H and O–H groups in total. The number of hydrogen-bond donors (Lipinski definition) is 4. The van der Waals surface area contributed by atoms with Crippen LogP contribution in [0.25, 0.3) is 0 Å². The van der Waals surface area contributed by atoms with Crippen molar-refractivity contribution < 1.29 is 15.0 Å². The Hall–Kier alpha value is -1.79. The van der Waals surface area contributed by atoms with Gasteiger partial charge in [0.2, 0.25) is 0 Å². The van der Waals surface area contributed by atoms with Crippen molar-refractivity contribution in [3.8, 4) is 5.75 Å². The zero-order valence-corrected chi connectivity index (χ0v) is 13.7. The molecule has 0 saturated carbocycles. The molecule has 0 saturated heterocycles. The first-order valence-electron chi connectivity index (χ1n) is 7.53. The van der Waals surface area contributed by atoms with Crippen LogP contribution in [0.15, 0.2) is 24.3 Å². The normalized spacial score (nSPS) is 14.0. The highest BCUT2D eigenvalue weighted by molar-refractivity contribution is 5.74. The molecule has 1 aromatic rings. The lowest BCUT2D eigenvalue weighted by atomic mass is 10.0. The highest BCUT2D eigenvalue weighted by Crippen LogP contribution is 2.19. The lowest BCUT2D eigenvalue weighted by Gasteiger charge is -2.23. The first-order valence-corrected chi connectivity index (χ1v) is 7.53. The minimum absolute atomic E-state index is 0.142. The number of carbonyl (C=O) groups excluding carboxylic acids is 1. The first-order chi connectivity index (χ1) is 10.3. The number of urea groups is 1. The standard InChI is InChI=1S/C16H27N3O3/c1-11(2)19(4)10-9-17-16(22)18-12(3)15(21)13-5-7-14(20)8-6-13/h5-8,11-12,15,20-21H,9-10H2,1-4H3,(H2,17,18,22)/t12-,15-/m1/s1. The number of rotatable bonds is 7. The minimum atomic E-state index is -0.829. The molecule has 2 amide bonds. The fourth-order valence-corrected chi connectivity index (χ4v) is 1.90. The average molecular weight is 309 g/mol. The number of aliphatic hydroxyl groups is 1. The SMILES string of the molecule is CC(C)N(C)CCNC(=O)N[C@H](C)[C@@H](O)c1ccc(O)cc1. The maximum Gasteiger partial charge on any atom is 0.315 e. The summed E-state index contributed by atoms with van der Waals surface area (Å²) in [5.74, 6) is 0.142. The van der Waals surface area contributed by atoms with Gasteiger partial charge >= 0.3 is 6.03 Å². The smallest absolute Gasteiger partial charge is 0.315 e. The van der Waals surface area contributed by atoms with Gasteiger partial charge in [-0.2, -0.15) is 0 Å². The number of hydrogen-bond acceptors (Lipinski definition) is 4. The highest BCUT2D eigenvalue weighted by Gasteiger charge is 2.18. The number of nitrogens with one attached hydrogen (secondary N) is 2. The molecule has 0 spiro atoms. The van der Waals surface area contributed by atoms with Crippen molar-refractivity contribution in [3.05, 3.63) is 29.8 Å². The number of benzene rings is 1. The molecule has 0 aliphatic rings. The second-order valence-corrected chi connectivity index (χ2v) is 5.80. The Kier molecular flexibility index (Phi) is 7.14. The molecule has 1 aromatic carbocycles. The summed E-state index contributed by atoms with van der Waals surface area (Å²) in [5.41, 5.74) is 0.644. The number of aromatic hydroxyl groups is 1. The Labute approximate surface area is 132 Å². The van der Waals surface area contributed by atoms with Crippen LogP contribution in [-0.2, 0) is 0 Å². The molecule has 124 valence electrons. The summed E-state index contributed by atoms with van der Waals surface area (Å²) >= 11 is 0. The second-order valence-electron chi connectivity index (χ2n) is 5.80. The van der Waals surface area contributed by atoms with Gasteiger partial charge in [-0.05, 0) is 45.5 Å². The van der Waals surface area contributed by atoms with E-state index in [1.807, 2.05) is 7.05 Å². The highest BCUT2D eigenvalue weighted by atomic mass is 16.3. The van der Waals surface area contributed by atoms with Crippen LogP contribution in [0.2, 0.25) is 0 Å². The molecule has 0 radical (unpaired) electrons. The maximum absolute atomic E-state index is 11.8. The van der Waals surface area contributed by atoms with Gasteiger partial charge in [-0.3, -0.25) is 0 Å². The van der Waals surface area contributed by atoms with Crippen LogP contribution in [0.1, 0.15) is 32.4 Å². The quantitative estimate of drug-likeness (QED) is 0.614. The summed E-state index contributed by atoms with van der Waals surface area (Å²) in [4.78, 5) is 13.9. The van der Waals surface area contributed by atoms with Crippen molar-refractivity contribution in [2.24, 2.45) is 0 Å². The van der Waals surface area contributed by atoms with Gasteiger partial charge in [-0.15, -0.1) is 0 Å². The predicted octanol–water partition coefficient (Wildman–Crippen LogP) is 1.45. The first kappa shape index (κ1) is 18.3. The fourth-order valence-electron chi connectivity index (χ4n) is 1.90. The van der Waals surface area contributed by atoms with Crippen molar-refractivity contribution in [1.29, 1.82) is 0 Å². The molecule has 6 heteroatoms. The number of aliphatic hydroxyl groups excluding tert-OH is 1. The third-order valence-electron chi connectivity index (χ3n) is 3.70. The summed E-state index contributed by atoms with van der Waals surface area (Å²) in [6.07, 6.45) is -0.829. The molecule has 0 aliphatic heterocycles. The van der Waals surface area contributed by atoms with Crippen LogP contribution in [0, 0.1) is 0 Å². The molecule has 0 bridgehead atoms. The van der Waals surface area contributed by atoms with E-state index in [1.54, 1.807) is 19.1 Å². The van der Waals surface area contributed by atoms with Crippen molar-refractivity contribution in [3.63, 3.8) is 0 Å². The molecule has 0 fully saturated rings. The van der Waals surface area contributed by atoms with E-state index in [-0.39, 0.29) is 11.8 Å². The second kappa shape index (κ2) is 8.60. The van der Waals surface area contributed by atoms with Crippen molar-refractivity contribution >= 4 is 6.03 Å². The van der Waals surface area contributed by atoms with Crippen LogP contribution in [-0.4, -0.2) is 53.4 Å². The third kappa shape index (κ3) is 5.91. The lowest BCUT2D eigenvalue weighted by molar-refractivity contribution is 0.137. The van der Waals surface area contributed by atoms with E-state index < -0.39 is 12.1 Å². The summed E-state index contributed by atoms with van der Waals surface area (Å²) in [6, 6.07) is 5.97. The van der Waals surface area contributed by atoms with Crippen LogP contribution in [0.4, 0.5) is 4.79 Å². The largest absolute Gasteiger partial charge is 0.508 e. The summed E-state index contributed by atoms with van der Waals surface area (Å²) in [6.45, 7) is 7.23. The van der Waals surface area contributed by atoms with E-state index in [0.29, 0.717) is 18.2 Å². The van der Waals surface area contributed by atoms with E-state index >= 15 is 0 Å². The maximum atomic E-state index is 11.8. The molecular formula is C16H27N3O3. The Morgan fingerprint density at radius 3 is 2.36 bits per heavy atom. The fraction of sp³-hybridized carbons (Fsp3) is 0.562. The Morgan fingerprint density at radius 2 is 1.82 bits per heavy atom. The minimum Gasteiger partial charge on any atom is -0.508 e. The number of carbonyl (C=O) groups is 1. The van der Waals surface area contributed by atoms with Crippen LogP contribution in [0.5, 0.6) is 5.75 Å². The van der Waals surface area contributed by atoms with E-state index in [4.69, 9.17) is 0 Å². The zero-order valence-electron chi connectivity index (χ0n) is 13.7. The molecule has 0 unspecified atom stereocenters.